The van der Waals surface area contributed by atoms with Crippen molar-refractivity contribution < 1.29 is 17.9 Å². The van der Waals surface area contributed by atoms with Gasteiger partial charge in [-0.2, -0.15) is 0 Å². The summed E-state index contributed by atoms with van der Waals surface area (Å²) in [7, 11) is -2.02. The summed E-state index contributed by atoms with van der Waals surface area (Å²) in [4.78, 5) is 12.2. The van der Waals surface area contributed by atoms with E-state index in [1.165, 1.54) is 0 Å². The third-order valence-corrected chi connectivity index (χ3v) is 5.17. The van der Waals surface area contributed by atoms with E-state index in [4.69, 9.17) is 4.74 Å². The fourth-order valence-electron chi connectivity index (χ4n) is 2.19. The maximum absolute atomic E-state index is 12.2. The van der Waals surface area contributed by atoms with E-state index < -0.39 is 10.0 Å². The highest BCUT2D eigenvalue weighted by Crippen LogP contribution is 2.11. The van der Waals surface area contributed by atoms with Crippen molar-refractivity contribution in [1.82, 2.24) is 10.0 Å². The Labute approximate surface area is 148 Å². The first-order valence-corrected chi connectivity index (χ1v) is 9.45. The molecular formula is C18H22N2O4S. The van der Waals surface area contributed by atoms with Gasteiger partial charge in [0.05, 0.1) is 12.0 Å². The van der Waals surface area contributed by atoms with Gasteiger partial charge in [-0.05, 0) is 48.4 Å². The Balaban J connectivity index is 1.83. The summed E-state index contributed by atoms with van der Waals surface area (Å²) in [6.07, 6.45) is 0.852. The highest BCUT2D eigenvalue weighted by molar-refractivity contribution is 7.89. The Morgan fingerprint density at radius 1 is 1.00 bits per heavy atom. The van der Waals surface area contributed by atoms with E-state index in [2.05, 4.69) is 10.0 Å². The zero-order valence-corrected chi connectivity index (χ0v) is 15.1. The molecule has 1 amide bonds. The second-order valence-corrected chi connectivity index (χ2v) is 7.15. The number of aryl methyl sites for hydroxylation is 1. The molecule has 0 fully saturated rings. The minimum Gasteiger partial charge on any atom is -0.497 e. The minimum atomic E-state index is -3.57. The Morgan fingerprint density at radius 3 is 2.20 bits per heavy atom. The molecule has 2 N–H and O–H groups in total. The lowest BCUT2D eigenvalue weighted by Gasteiger charge is -2.09. The van der Waals surface area contributed by atoms with Gasteiger partial charge < -0.3 is 10.1 Å². The van der Waals surface area contributed by atoms with Gasteiger partial charge in [0.15, 0.2) is 0 Å². The van der Waals surface area contributed by atoms with E-state index >= 15 is 0 Å². The van der Waals surface area contributed by atoms with E-state index in [0.29, 0.717) is 11.3 Å². The van der Waals surface area contributed by atoms with Gasteiger partial charge in [-0.15, -0.1) is 0 Å². The van der Waals surface area contributed by atoms with Crippen molar-refractivity contribution in [2.75, 3.05) is 20.2 Å². The van der Waals surface area contributed by atoms with Crippen LogP contribution < -0.4 is 14.8 Å². The van der Waals surface area contributed by atoms with Gasteiger partial charge >= 0.3 is 0 Å². The second-order valence-electron chi connectivity index (χ2n) is 5.38. The van der Waals surface area contributed by atoms with Gasteiger partial charge in [-0.3, -0.25) is 4.79 Å². The van der Waals surface area contributed by atoms with Gasteiger partial charge in [0.2, 0.25) is 10.0 Å². The van der Waals surface area contributed by atoms with Crippen molar-refractivity contribution in [3.63, 3.8) is 0 Å². The Hall–Kier alpha value is -2.38. The van der Waals surface area contributed by atoms with Crippen LogP contribution in [0, 0.1) is 0 Å². The standard InChI is InChI=1S/C18H22N2O4S/c1-3-14-4-10-17(11-5-14)25(22,23)20-13-12-19-18(21)15-6-8-16(24-2)9-7-15/h4-11,20H,3,12-13H2,1-2H3,(H,19,21). The van der Waals surface area contributed by atoms with Crippen molar-refractivity contribution in [2.45, 2.75) is 18.2 Å². The normalized spacial score (nSPS) is 11.1. The van der Waals surface area contributed by atoms with Crippen LogP contribution in [0.5, 0.6) is 5.75 Å². The van der Waals surface area contributed by atoms with Crippen LogP contribution >= 0.6 is 0 Å². The third-order valence-electron chi connectivity index (χ3n) is 3.70. The molecule has 6 nitrogen and oxygen atoms in total. The second kappa shape index (κ2) is 8.64. The number of benzene rings is 2. The number of hydrogen-bond acceptors (Lipinski definition) is 4. The SMILES string of the molecule is CCc1ccc(S(=O)(=O)NCCNC(=O)c2ccc(OC)cc2)cc1. The molecule has 134 valence electrons. The summed E-state index contributed by atoms with van der Waals surface area (Å²) >= 11 is 0. The summed E-state index contributed by atoms with van der Waals surface area (Å²) in [5, 5.41) is 2.67. The highest BCUT2D eigenvalue weighted by atomic mass is 32.2. The molecule has 0 heterocycles. The summed E-state index contributed by atoms with van der Waals surface area (Å²) in [5.41, 5.74) is 1.56. The van der Waals surface area contributed by atoms with Crippen LogP contribution in [-0.2, 0) is 16.4 Å². The van der Waals surface area contributed by atoms with Crippen LogP contribution in [0.1, 0.15) is 22.8 Å². The molecule has 0 aliphatic heterocycles. The Kier molecular flexibility index (Phi) is 6.55. The predicted molar refractivity (Wildman–Crippen MR) is 96.3 cm³/mol. The molecule has 0 spiro atoms. The number of carbonyl (C=O) groups is 1. The summed E-state index contributed by atoms with van der Waals surface area (Å²) in [6, 6.07) is 13.4. The molecule has 0 saturated carbocycles. The van der Waals surface area contributed by atoms with Crippen molar-refractivity contribution in [2.24, 2.45) is 0 Å². The summed E-state index contributed by atoms with van der Waals surface area (Å²) < 4.78 is 31.9. The number of rotatable bonds is 8. The van der Waals surface area contributed by atoms with Crippen molar-refractivity contribution in [3.05, 3.63) is 59.7 Å². The van der Waals surface area contributed by atoms with E-state index in [1.807, 2.05) is 6.92 Å². The monoisotopic (exact) mass is 362 g/mol. The van der Waals surface area contributed by atoms with Crippen LogP contribution in [0.15, 0.2) is 53.4 Å². The van der Waals surface area contributed by atoms with E-state index in [0.717, 1.165) is 12.0 Å². The summed E-state index contributed by atoms with van der Waals surface area (Å²) in [6.45, 7) is 2.31. The topological polar surface area (TPSA) is 84.5 Å². The van der Waals surface area contributed by atoms with Crippen molar-refractivity contribution in [3.8, 4) is 5.75 Å². The number of nitrogens with one attached hydrogen (secondary N) is 2. The zero-order chi connectivity index (χ0) is 18.3. The molecule has 0 radical (unpaired) electrons. The first kappa shape index (κ1) is 19.0. The molecule has 0 atom stereocenters. The average molecular weight is 362 g/mol. The highest BCUT2D eigenvalue weighted by Gasteiger charge is 2.13. The molecular weight excluding hydrogens is 340 g/mol. The third kappa shape index (κ3) is 5.30. The van der Waals surface area contributed by atoms with Gasteiger partial charge in [0, 0.05) is 18.7 Å². The fraction of sp³-hybridized carbons (Fsp3) is 0.278. The van der Waals surface area contributed by atoms with Gasteiger partial charge in [0.25, 0.3) is 5.91 Å². The quantitative estimate of drug-likeness (QED) is 0.703. The number of hydrogen-bond donors (Lipinski definition) is 2. The fourth-order valence-corrected chi connectivity index (χ4v) is 3.23. The summed E-state index contributed by atoms with van der Waals surface area (Å²) in [5.74, 6) is 0.396. The van der Waals surface area contributed by atoms with Crippen LogP contribution in [0.3, 0.4) is 0 Å². The number of sulfonamides is 1. The van der Waals surface area contributed by atoms with Crippen LogP contribution in [-0.4, -0.2) is 34.5 Å². The van der Waals surface area contributed by atoms with E-state index in [-0.39, 0.29) is 23.9 Å². The zero-order valence-electron chi connectivity index (χ0n) is 14.3. The van der Waals surface area contributed by atoms with Gasteiger partial charge in [0.1, 0.15) is 5.75 Å². The average Bonchev–Trinajstić information content (AvgIpc) is 2.65. The van der Waals surface area contributed by atoms with Crippen molar-refractivity contribution in [1.29, 1.82) is 0 Å². The van der Waals surface area contributed by atoms with E-state index in [9.17, 15) is 13.2 Å². The largest absolute Gasteiger partial charge is 0.497 e. The lowest BCUT2D eigenvalue weighted by molar-refractivity contribution is 0.0954. The first-order chi connectivity index (χ1) is 12.0. The maximum Gasteiger partial charge on any atom is 0.251 e. The Bertz CT molecular complexity index is 800. The van der Waals surface area contributed by atoms with Crippen LogP contribution in [0.25, 0.3) is 0 Å². The number of amides is 1. The molecule has 0 aromatic heterocycles. The lowest BCUT2D eigenvalue weighted by Crippen LogP contribution is -2.34. The van der Waals surface area contributed by atoms with E-state index in [1.54, 1.807) is 55.6 Å². The maximum atomic E-state index is 12.2. The Morgan fingerprint density at radius 2 is 1.64 bits per heavy atom. The molecule has 0 unspecified atom stereocenters. The molecule has 2 aromatic rings. The van der Waals surface area contributed by atoms with Crippen LogP contribution in [0.4, 0.5) is 0 Å². The van der Waals surface area contributed by atoms with Crippen molar-refractivity contribution >= 4 is 15.9 Å². The molecule has 2 aromatic carbocycles. The first-order valence-electron chi connectivity index (χ1n) is 7.97. The number of methoxy groups -OCH3 is 1. The molecule has 25 heavy (non-hydrogen) atoms. The minimum absolute atomic E-state index is 0.111. The molecule has 0 saturated heterocycles. The van der Waals surface area contributed by atoms with Gasteiger partial charge in [-0.1, -0.05) is 19.1 Å². The predicted octanol–water partition coefficient (Wildman–Crippen LogP) is 1.97. The molecule has 0 bridgehead atoms. The van der Waals surface area contributed by atoms with Crippen LogP contribution in [0.2, 0.25) is 0 Å². The smallest absolute Gasteiger partial charge is 0.251 e. The van der Waals surface area contributed by atoms with Gasteiger partial charge in [-0.25, -0.2) is 13.1 Å². The number of carbonyl (C=O) groups excluding carboxylic acids is 1. The lowest BCUT2D eigenvalue weighted by atomic mass is 10.2. The molecule has 7 heteroatoms. The number of ether oxygens (including phenoxy) is 1. The molecule has 0 aliphatic rings. The molecule has 2 rings (SSSR count). The molecule has 0 aliphatic carbocycles.